The van der Waals surface area contributed by atoms with Gasteiger partial charge < -0.3 is 14.6 Å². The molecule has 126 valence electrons. The molecule has 1 aliphatic heterocycles. The summed E-state index contributed by atoms with van der Waals surface area (Å²) in [6, 6.07) is 4.47. The first-order valence-corrected chi connectivity index (χ1v) is 7.38. The van der Waals surface area contributed by atoms with E-state index in [2.05, 4.69) is 4.98 Å². The molecule has 0 bridgehead atoms. The van der Waals surface area contributed by atoms with Crippen molar-refractivity contribution in [3.05, 3.63) is 47.2 Å². The van der Waals surface area contributed by atoms with Gasteiger partial charge in [0, 0.05) is 24.3 Å². The lowest BCUT2D eigenvalue weighted by Crippen LogP contribution is -2.28. The first-order chi connectivity index (χ1) is 11.5. The van der Waals surface area contributed by atoms with Gasteiger partial charge in [-0.2, -0.15) is 0 Å². The Hall–Kier alpha value is -2.54. The van der Waals surface area contributed by atoms with Gasteiger partial charge in [0.2, 0.25) is 5.88 Å². The van der Waals surface area contributed by atoms with E-state index in [1.807, 2.05) is 0 Å². The summed E-state index contributed by atoms with van der Waals surface area (Å²) in [5, 5.41) is 9.24. The maximum atomic E-state index is 14.2. The van der Waals surface area contributed by atoms with Crippen LogP contribution in [-0.4, -0.2) is 35.9 Å². The Bertz CT molecular complexity index is 794. The van der Waals surface area contributed by atoms with E-state index in [0.29, 0.717) is 30.6 Å². The van der Waals surface area contributed by atoms with Crippen LogP contribution >= 0.6 is 0 Å². The second-order valence-corrected chi connectivity index (χ2v) is 5.50. The zero-order chi connectivity index (χ0) is 17.3. The van der Waals surface area contributed by atoms with Crippen LogP contribution in [0.2, 0.25) is 0 Å². The molecule has 2 heterocycles. The summed E-state index contributed by atoms with van der Waals surface area (Å²) in [5.41, 5.74) is 0.820. The Kier molecular flexibility index (Phi) is 4.44. The van der Waals surface area contributed by atoms with Crippen molar-refractivity contribution in [1.29, 1.82) is 0 Å². The molecule has 0 spiro atoms. The number of carboxylic acids is 1. The second kappa shape index (κ2) is 6.52. The number of rotatable bonds is 4. The average molecular weight is 335 g/mol. The Labute approximate surface area is 136 Å². The van der Waals surface area contributed by atoms with Crippen LogP contribution in [0.3, 0.4) is 0 Å². The number of carbonyl (C=O) groups is 1. The van der Waals surface area contributed by atoms with E-state index in [0.717, 1.165) is 12.1 Å². The minimum absolute atomic E-state index is 0.117. The molecule has 5 nitrogen and oxygen atoms in total. The van der Waals surface area contributed by atoms with Crippen LogP contribution in [0.25, 0.3) is 11.1 Å². The van der Waals surface area contributed by atoms with Crippen molar-refractivity contribution in [1.82, 2.24) is 4.98 Å². The Morgan fingerprint density at radius 3 is 2.83 bits per heavy atom. The quantitative estimate of drug-likeness (QED) is 0.930. The first kappa shape index (κ1) is 16.3. The van der Waals surface area contributed by atoms with Crippen molar-refractivity contribution in [3.8, 4) is 17.0 Å². The zero-order valence-electron chi connectivity index (χ0n) is 12.9. The highest BCUT2D eigenvalue weighted by molar-refractivity contribution is 5.88. The summed E-state index contributed by atoms with van der Waals surface area (Å²) in [4.78, 5) is 15.3. The van der Waals surface area contributed by atoms with Gasteiger partial charge in [0.25, 0.3) is 0 Å². The number of ether oxygens (including phenoxy) is 2. The fourth-order valence-electron chi connectivity index (χ4n) is 2.77. The summed E-state index contributed by atoms with van der Waals surface area (Å²) in [6.45, 7) is 0.346. The number of pyridine rings is 1. The van der Waals surface area contributed by atoms with E-state index < -0.39 is 17.6 Å². The highest BCUT2D eigenvalue weighted by Crippen LogP contribution is 2.36. The molecule has 0 aliphatic carbocycles. The molecule has 24 heavy (non-hydrogen) atoms. The summed E-state index contributed by atoms with van der Waals surface area (Å²) < 4.78 is 38.1. The summed E-state index contributed by atoms with van der Waals surface area (Å²) in [7, 11) is 1.54. The molecular weight excluding hydrogens is 320 g/mol. The smallest absolute Gasteiger partial charge is 0.354 e. The minimum Gasteiger partial charge on any atom is -0.477 e. The molecule has 0 saturated carbocycles. The maximum absolute atomic E-state index is 14.2. The highest BCUT2D eigenvalue weighted by atomic mass is 19.1. The van der Waals surface area contributed by atoms with E-state index in [4.69, 9.17) is 9.47 Å². The second-order valence-electron chi connectivity index (χ2n) is 5.50. The summed E-state index contributed by atoms with van der Waals surface area (Å²) in [5.74, 6) is -2.56. The van der Waals surface area contributed by atoms with Gasteiger partial charge in [-0.25, -0.2) is 18.6 Å². The van der Waals surface area contributed by atoms with Gasteiger partial charge in [0.15, 0.2) is 5.69 Å². The van der Waals surface area contributed by atoms with Crippen LogP contribution in [0.1, 0.15) is 22.5 Å². The van der Waals surface area contributed by atoms with Crippen LogP contribution in [-0.2, 0) is 11.2 Å². The van der Waals surface area contributed by atoms with E-state index >= 15 is 0 Å². The fraction of sp³-hybridized carbons (Fsp3) is 0.294. The molecule has 0 amide bonds. The number of carboxylic acid groups (broad SMARTS) is 1. The summed E-state index contributed by atoms with van der Waals surface area (Å²) in [6.07, 6.45) is 0.914. The highest BCUT2D eigenvalue weighted by Gasteiger charge is 2.27. The van der Waals surface area contributed by atoms with E-state index in [1.165, 1.54) is 12.1 Å². The molecule has 3 rings (SSSR count). The first-order valence-electron chi connectivity index (χ1n) is 7.38. The average Bonchev–Trinajstić information content (AvgIpc) is 2.54. The maximum Gasteiger partial charge on any atom is 0.354 e. The van der Waals surface area contributed by atoms with E-state index in [-0.39, 0.29) is 23.2 Å². The molecule has 1 N–H and O–H groups in total. The van der Waals surface area contributed by atoms with Crippen molar-refractivity contribution < 1.29 is 28.2 Å². The van der Waals surface area contributed by atoms with Gasteiger partial charge in [0.05, 0.1) is 6.61 Å². The van der Waals surface area contributed by atoms with Crippen molar-refractivity contribution in [3.63, 3.8) is 0 Å². The predicted octanol–water partition coefficient (Wildman–Crippen LogP) is 3.07. The van der Waals surface area contributed by atoms with Crippen molar-refractivity contribution in [2.75, 3.05) is 13.7 Å². The molecule has 1 aromatic carbocycles. The normalized spacial score (nSPS) is 16.4. The SMILES string of the molecule is COCC1CCc2c(-c3ccc(F)cc3F)cc(C(=O)O)nc2O1. The lowest BCUT2D eigenvalue weighted by molar-refractivity contribution is 0.0619. The van der Waals surface area contributed by atoms with Crippen LogP contribution in [0, 0.1) is 11.6 Å². The van der Waals surface area contributed by atoms with Crippen LogP contribution < -0.4 is 4.74 Å². The molecular formula is C17H15F2NO4. The lowest BCUT2D eigenvalue weighted by Gasteiger charge is -2.26. The van der Waals surface area contributed by atoms with Gasteiger partial charge in [-0.3, -0.25) is 0 Å². The topological polar surface area (TPSA) is 68.7 Å². The van der Waals surface area contributed by atoms with Crippen molar-refractivity contribution in [2.24, 2.45) is 0 Å². The number of fused-ring (bicyclic) bond motifs is 1. The van der Waals surface area contributed by atoms with Gasteiger partial charge in [-0.05, 0) is 36.6 Å². The number of benzene rings is 1. The third-order valence-electron chi connectivity index (χ3n) is 3.87. The number of nitrogens with zero attached hydrogens (tertiary/aromatic N) is 1. The molecule has 0 saturated heterocycles. The van der Waals surface area contributed by atoms with Crippen LogP contribution in [0.4, 0.5) is 8.78 Å². The fourth-order valence-corrected chi connectivity index (χ4v) is 2.77. The monoisotopic (exact) mass is 335 g/mol. The number of methoxy groups -OCH3 is 1. The van der Waals surface area contributed by atoms with Gasteiger partial charge in [0.1, 0.15) is 17.7 Å². The molecule has 0 fully saturated rings. The van der Waals surface area contributed by atoms with E-state index in [9.17, 15) is 18.7 Å². The molecule has 1 atom stereocenters. The molecule has 7 heteroatoms. The van der Waals surface area contributed by atoms with Crippen molar-refractivity contribution >= 4 is 5.97 Å². The molecule has 1 aromatic heterocycles. The molecule has 2 aromatic rings. The molecule has 1 unspecified atom stereocenters. The van der Waals surface area contributed by atoms with Crippen LogP contribution in [0.5, 0.6) is 5.88 Å². The number of halogens is 2. The van der Waals surface area contributed by atoms with Gasteiger partial charge in [-0.15, -0.1) is 0 Å². The Morgan fingerprint density at radius 2 is 2.17 bits per heavy atom. The predicted molar refractivity (Wildman–Crippen MR) is 81.2 cm³/mol. The third kappa shape index (κ3) is 3.07. The van der Waals surface area contributed by atoms with Gasteiger partial charge in [-0.1, -0.05) is 0 Å². The lowest BCUT2D eigenvalue weighted by atomic mass is 9.94. The summed E-state index contributed by atoms with van der Waals surface area (Å²) >= 11 is 0. The Balaban J connectivity index is 2.13. The largest absolute Gasteiger partial charge is 0.477 e. The minimum atomic E-state index is -1.25. The number of aromatic nitrogens is 1. The standard InChI is InChI=1S/C17H15F2NO4/c1-23-8-10-3-5-12-13(11-4-2-9(18)6-14(11)19)7-15(17(21)22)20-16(12)24-10/h2,4,6-7,10H,3,5,8H2,1H3,(H,21,22). The number of hydrogen-bond donors (Lipinski definition) is 1. The molecule has 1 aliphatic rings. The molecule has 0 radical (unpaired) electrons. The van der Waals surface area contributed by atoms with Gasteiger partial charge >= 0.3 is 5.97 Å². The van der Waals surface area contributed by atoms with Crippen LogP contribution in [0.15, 0.2) is 24.3 Å². The zero-order valence-corrected chi connectivity index (χ0v) is 12.9. The number of aromatic carboxylic acids is 1. The van der Waals surface area contributed by atoms with Crippen molar-refractivity contribution in [2.45, 2.75) is 18.9 Å². The Morgan fingerprint density at radius 1 is 1.38 bits per heavy atom. The number of hydrogen-bond acceptors (Lipinski definition) is 4. The van der Waals surface area contributed by atoms with E-state index in [1.54, 1.807) is 7.11 Å². The third-order valence-corrected chi connectivity index (χ3v) is 3.87.